The van der Waals surface area contributed by atoms with E-state index in [4.69, 9.17) is 15.6 Å². The van der Waals surface area contributed by atoms with Crippen LogP contribution in [0.15, 0.2) is 47.5 Å². The average Bonchev–Trinajstić information content (AvgIpc) is 3.13. The van der Waals surface area contributed by atoms with Crippen LogP contribution in [0.3, 0.4) is 0 Å². The van der Waals surface area contributed by atoms with Crippen LogP contribution in [0.2, 0.25) is 0 Å². The Bertz CT molecular complexity index is 1480. The zero-order valence-electron chi connectivity index (χ0n) is 21.4. The number of aromatic hydroxyl groups is 1. The summed E-state index contributed by atoms with van der Waals surface area (Å²) in [5.74, 6) is -3.37. The lowest BCUT2D eigenvalue weighted by Gasteiger charge is -2.24. The van der Waals surface area contributed by atoms with Gasteiger partial charge in [-0.2, -0.15) is 13.2 Å². The molecule has 0 aliphatic carbocycles. The number of likely N-dealkylation sites (N-methyl/N-ethyl adjacent to an activating group) is 1. The normalized spacial score (nSPS) is 12.3. The molecule has 1 heterocycles. The lowest BCUT2D eigenvalue weighted by Crippen LogP contribution is -2.35. The van der Waals surface area contributed by atoms with Gasteiger partial charge in [0, 0.05) is 29.6 Å². The predicted molar refractivity (Wildman–Crippen MR) is 141 cm³/mol. The largest absolute Gasteiger partial charge is 0.494 e. The number of hydrogen-bond acceptors (Lipinski definition) is 7. The number of sulfonamides is 1. The molecule has 3 aromatic rings. The summed E-state index contributed by atoms with van der Waals surface area (Å²) in [5.41, 5.74) is 8.46. The third kappa shape index (κ3) is 8.44. The van der Waals surface area contributed by atoms with Crippen LogP contribution in [0, 0.1) is 0 Å². The zero-order chi connectivity index (χ0) is 29.7. The molecular formula is C24H28F3N5O6S. The lowest BCUT2D eigenvalue weighted by atomic mass is 10.1. The van der Waals surface area contributed by atoms with Gasteiger partial charge in [0.25, 0.3) is 0 Å². The molecule has 0 saturated carbocycles. The highest BCUT2D eigenvalue weighted by Gasteiger charge is 2.38. The van der Waals surface area contributed by atoms with E-state index in [1.807, 2.05) is 19.0 Å². The number of hydrogen-bond donors (Lipinski definition) is 4. The number of carbonyl (C=O) groups excluding carboxylic acids is 1. The number of H-pyrrole nitrogens is 1. The Morgan fingerprint density at radius 1 is 1.08 bits per heavy atom. The second-order valence-corrected chi connectivity index (χ2v) is 10.5. The van der Waals surface area contributed by atoms with Gasteiger partial charge in [0.15, 0.2) is 5.88 Å². The molecular weight excluding hydrogens is 543 g/mol. The van der Waals surface area contributed by atoms with Crippen molar-refractivity contribution in [3.8, 4) is 5.88 Å². The Hall–Kier alpha value is -4.11. The molecule has 5 N–H and O–H groups in total. The van der Waals surface area contributed by atoms with E-state index >= 15 is 0 Å². The van der Waals surface area contributed by atoms with Crippen molar-refractivity contribution in [3.63, 3.8) is 0 Å². The maximum Gasteiger partial charge on any atom is 0.490 e. The molecule has 0 atom stereocenters. The van der Waals surface area contributed by atoms with Gasteiger partial charge in [-0.15, -0.1) is 0 Å². The topological polar surface area (TPSA) is 169 Å². The van der Waals surface area contributed by atoms with Crippen LogP contribution < -0.4 is 10.0 Å². The van der Waals surface area contributed by atoms with Crippen molar-refractivity contribution in [2.24, 2.45) is 10.7 Å². The first-order valence-electron chi connectivity index (χ1n) is 11.1. The summed E-state index contributed by atoms with van der Waals surface area (Å²) in [6.07, 6.45) is -3.90. The molecule has 0 fully saturated rings. The lowest BCUT2D eigenvalue weighted by molar-refractivity contribution is -0.192. The molecule has 212 valence electrons. The monoisotopic (exact) mass is 571 g/mol. The van der Waals surface area contributed by atoms with Gasteiger partial charge in [0.1, 0.15) is 0 Å². The van der Waals surface area contributed by atoms with E-state index in [9.17, 15) is 31.5 Å². The molecule has 0 spiro atoms. The number of benzene rings is 2. The summed E-state index contributed by atoms with van der Waals surface area (Å²) >= 11 is 0. The summed E-state index contributed by atoms with van der Waals surface area (Å²) in [6.45, 7) is 2.69. The molecule has 0 saturated heterocycles. The van der Waals surface area contributed by atoms with Crippen molar-refractivity contribution in [1.29, 1.82) is 0 Å². The number of alkyl halides is 3. The number of aromatic nitrogens is 1. The summed E-state index contributed by atoms with van der Waals surface area (Å²) in [6, 6.07) is 11.7. The molecule has 1 aromatic heterocycles. The SMILES string of the molecule is CC(=Nc1ccc(N(CCN(C)C)S(C)(=O)=O)cc1)c1c(O)[nH]c2cc(C(N)=O)ccc12.O=C(O)C(F)(F)F. The Morgan fingerprint density at radius 3 is 2.10 bits per heavy atom. The summed E-state index contributed by atoms with van der Waals surface area (Å²) < 4.78 is 57.5. The van der Waals surface area contributed by atoms with E-state index in [-0.39, 0.29) is 5.88 Å². The summed E-state index contributed by atoms with van der Waals surface area (Å²) in [4.78, 5) is 29.6. The molecule has 39 heavy (non-hydrogen) atoms. The van der Waals surface area contributed by atoms with Gasteiger partial charge >= 0.3 is 12.1 Å². The first-order chi connectivity index (χ1) is 17.9. The highest BCUT2D eigenvalue weighted by atomic mass is 32.2. The average molecular weight is 572 g/mol. The molecule has 0 bridgehead atoms. The van der Waals surface area contributed by atoms with Crippen molar-refractivity contribution in [2.45, 2.75) is 13.1 Å². The maximum atomic E-state index is 12.2. The minimum atomic E-state index is -5.08. The van der Waals surface area contributed by atoms with Crippen LogP contribution in [0.1, 0.15) is 22.8 Å². The highest BCUT2D eigenvalue weighted by molar-refractivity contribution is 7.92. The van der Waals surface area contributed by atoms with E-state index in [1.165, 1.54) is 10.6 Å². The van der Waals surface area contributed by atoms with Crippen molar-refractivity contribution in [3.05, 3.63) is 53.6 Å². The standard InChI is InChI=1S/C22H27N5O4S.C2HF3O2/c1-14(20-18-10-5-15(21(23)28)13-19(18)25-22(20)29)24-16-6-8-17(9-7-16)27(32(4,30)31)12-11-26(2)3;3-2(4,5)1(6)7/h5-10,13,25,29H,11-12H2,1-4H3,(H2,23,28);(H,6,7). The number of anilines is 1. The van der Waals surface area contributed by atoms with E-state index in [0.29, 0.717) is 52.2 Å². The van der Waals surface area contributed by atoms with Crippen LogP contribution in [0.4, 0.5) is 24.5 Å². The van der Waals surface area contributed by atoms with Gasteiger partial charge in [0.2, 0.25) is 15.9 Å². The molecule has 0 unspecified atom stereocenters. The summed E-state index contributed by atoms with van der Waals surface area (Å²) in [7, 11) is 0.346. The minimum absolute atomic E-state index is 0.0635. The molecule has 0 radical (unpaired) electrons. The number of carboxylic acids is 1. The van der Waals surface area contributed by atoms with E-state index in [0.717, 1.165) is 0 Å². The fourth-order valence-corrected chi connectivity index (χ4v) is 4.34. The Balaban J connectivity index is 0.000000673. The molecule has 15 heteroatoms. The van der Waals surface area contributed by atoms with Crippen molar-refractivity contribution < 1.29 is 41.4 Å². The first-order valence-corrected chi connectivity index (χ1v) is 13.0. The molecule has 1 amide bonds. The molecule has 0 aliphatic rings. The molecule has 3 rings (SSSR count). The Kier molecular flexibility index (Phi) is 9.71. The maximum absolute atomic E-state index is 12.2. The van der Waals surface area contributed by atoms with Crippen LogP contribution in [-0.2, 0) is 14.8 Å². The second kappa shape index (κ2) is 12.2. The quantitative estimate of drug-likeness (QED) is 0.301. The van der Waals surface area contributed by atoms with Gasteiger partial charge in [-0.05, 0) is 57.4 Å². The van der Waals surface area contributed by atoms with Crippen LogP contribution in [0.25, 0.3) is 10.9 Å². The number of nitrogens with one attached hydrogen (secondary N) is 1. The smallest absolute Gasteiger partial charge is 0.490 e. The van der Waals surface area contributed by atoms with Crippen molar-refractivity contribution >= 4 is 49.9 Å². The number of rotatable bonds is 8. The number of carboxylic acid groups (broad SMARTS) is 1. The number of fused-ring (bicyclic) bond motifs is 1. The van der Waals surface area contributed by atoms with Crippen LogP contribution >= 0.6 is 0 Å². The fraction of sp³-hybridized carbons (Fsp3) is 0.292. The fourth-order valence-electron chi connectivity index (χ4n) is 3.42. The van der Waals surface area contributed by atoms with Crippen molar-refractivity contribution in [2.75, 3.05) is 37.7 Å². The Morgan fingerprint density at radius 2 is 1.64 bits per heavy atom. The van der Waals surface area contributed by atoms with Gasteiger partial charge in [0.05, 0.1) is 28.9 Å². The van der Waals surface area contributed by atoms with E-state index in [1.54, 1.807) is 49.4 Å². The van der Waals surface area contributed by atoms with Gasteiger partial charge in [-0.3, -0.25) is 14.1 Å². The van der Waals surface area contributed by atoms with Gasteiger partial charge in [-0.1, -0.05) is 6.07 Å². The van der Waals surface area contributed by atoms with Gasteiger partial charge in [-0.25, -0.2) is 13.2 Å². The van der Waals surface area contributed by atoms with Gasteiger partial charge < -0.3 is 25.8 Å². The molecule has 11 nitrogen and oxygen atoms in total. The third-order valence-corrected chi connectivity index (χ3v) is 6.45. The highest BCUT2D eigenvalue weighted by Crippen LogP contribution is 2.30. The second-order valence-electron chi connectivity index (χ2n) is 8.63. The number of aromatic amines is 1. The van der Waals surface area contributed by atoms with Crippen LogP contribution in [0.5, 0.6) is 5.88 Å². The van der Waals surface area contributed by atoms with E-state index in [2.05, 4.69) is 9.98 Å². The number of carbonyl (C=O) groups is 2. The minimum Gasteiger partial charge on any atom is -0.494 e. The third-order valence-electron chi connectivity index (χ3n) is 5.25. The predicted octanol–water partition coefficient (Wildman–Crippen LogP) is 3.07. The first kappa shape index (κ1) is 31.1. The Labute approximate surface area is 222 Å². The summed E-state index contributed by atoms with van der Waals surface area (Å²) in [5, 5.41) is 18.2. The number of primary amides is 1. The van der Waals surface area contributed by atoms with E-state index < -0.39 is 28.1 Å². The van der Waals surface area contributed by atoms with Crippen LogP contribution in [-0.4, -0.2) is 85.7 Å². The number of halogens is 3. The number of amides is 1. The molecule has 2 aromatic carbocycles. The number of aliphatic carboxylic acids is 1. The number of nitrogens with two attached hydrogens (primary N) is 1. The number of aliphatic imine (C=N–C) groups is 1. The van der Waals surface area contributed by atoms with Crippen molar-refractivity contribution in [1.82, 2.24) is 9.88 Å². The molecule has 0 aliphatic heterocycles. The zero-order valence-corrected chi connectivity index (χ0v) is 22.3. The number of nitrogens with zero attached hydrogens (tertiary/aromatic N) is 3.